The van der Waals surface area contributed by atoms with Gasteiger partial charge in [-0.05, 0) is 69.9 Å². The minimum Gasteiger partial charge on any atom is -0.459 e. The van der Waals surface area contributed by atoms with Crippen LogP contribution in [0, 0.1) is 22.7 Å². The Balaban J connectivity index is 1.27. The lowest BCUT2D eigenvalue weighted by Crippen LogP contribution is -2.74. The van der Waals surface area contributed by atoms with Crippen LogP contribution >= 0.6 is 0 Å². The summed E-state index contributed by atoms with van der Waals surface area (Å²) < 4.78 is 22.3. The fraction of sp³-hybridized carbons (Fsp3) is 0.750. The highest BCUT2D eigenvalue weighted by Crippen LogP contribution is 2.70. The first-order valence-electron chi connectivity index (χ1n) is 15.6. The molecule has 4 saturated carbocycles. The summed E-state index contributed by atoms with van der Waals surface area (Å²) in [5, 5.41) is 47.1. The molecule has 0 amide bonds. The lowest BCUT2D eigenvalue weighted by atomic mass is 9.40. The summed E-state index contributed by atoms with van der Waals surface area (Å²) in [6.07, 6.45) is -2.24. The molecule has 44 heavy (non-hydrogen) atoms. The summed E-state index contributed by atoms with van der Waals surface area (Å²) in [4.78, 5) is 50.4. The standard InChI is InChI=1S/C32H42O12/c1-16-12-22(43-17(2)34)25(36)28(42-16)44-19-6-9-30(15-33)24-21(7-10-31(30,39)13-19)32(40)11-8-20(18-4-5-23(35)41-14-18)29(32,3)27(38)26(24)37/h4-5,14-16,19-22,24-26,28,36-37,39-40H,6-13H2,1-3H3/t16-,19-,20+,21+,22-,24+,25+,26-,28-,29-,30-,31-,32-/m0/s1. The Morgan fingerprint density at radius 1 is 1.09 bits per heavy atom. The van der Waals surface area contributed by atoms with Gasteiger partial charge in [0, 0.05) is 37.7 Å². The lowest BCUT2D eigenvalue weighted by molar-refractivity contribution is -0.301. The number of rotatable bonds is 5. The van der Waals surface area contributed by atoms with E-state index in [9.17, 15) is 39.6 Å². The quantitative estimate of drug-likeness (QED) is 0.209. The maximum Gasteiger partial charge on any atom is 0.335 e. The molecule has 1 saturated heterocycles. The number of esters is 1. The molecule has 242 valence electrons. The van der Waals surface area contributed by atoms with Crippen molar-refractivity contribution in [1.82, 2.24) is 0 Å². The zero-order valence-electron chi connectivity index (χ0n) is 25.2. The van der Waals surface area contributed by atoms with E-state index >= 15 is 0 Å². The van der Waals surface area contributed by atoms with Crippen molar-refractivity contribution in [3.8, 4) is 0 Å². The number of carbonyl (C=O) groups is 3. The van der Waals surface area contributed by atoms with Gasteiger partial charge in [-0.25, -0.2) is 4.79 Å². The molecule has 0 aromatic carbocycles. The number of Topliss-reactive ketones (excluding diaryl/α,β-unsaturated/α-hetero) is 1. The van der Waals surface area contributed by atoms with Crippen molar-refractivity contribution in [2.75, 3.05) is 0 Å². The first-order chi connectivity index (χ1) is 20.7. The van der Waals surface area contributed by atoms with Gasteiger partial charge in [-0.3, -0.25) is 9.59 Å². The molecule has 12 heteroatoms. The molecule has 5 fully saturated rings. The molecule has 5 aliphatic rings. The molecule has 12 nitrogen and oxygen atoms in total. The van der Waals surface area contributed by atoms with Crippen LogP contribution in [-0.4, -0.2) is 86.5 Å². The number of ether oxygens (including phenoxy) is 3. The maximum absolute atomic E-state index is 14.2. The fourth-order valence-electron chi connectivity index (χ4n) is 9.79. The third-order valence-corrected chi connectivity index (χ3v) is 11.9. The van der Waals surface area contributed by atoms with Crippen molar-refractivity contribution in [2.45, 2.75) is 126 Å². The second-order valence-electron chi connectivity index (χ2n) is 14.0. The predicted molar refractivity (Wildman–Crippen MR) is 150 cm³/mol. The van der Waals surface area contributed by atoms with Crippen molar-refractivity contribution in [2.24, 2.45) is 22.7 Å². The molecule has 0 spiro atoms. The van der Waals surface area contributed by atoms with Crippen LogP contribution < -0.4 is 5.63 Å². The van der Waals surface area contributed by atoms with E-state index in [4.69, 9.17) is 18.6 Å². The van der Waals surface area contributed by atoms with Crippen molar-refractivity contribution in [3.05, 3.63) is 34.4 Å². The van der Waals surface area contributed by atoms with Crippen LogP contribution in [0.4, 0.5) is 0 Å². The van der Waals surface area contributed by atoms with E-state index in [2.05, 4.69) is 0 Å². The first-order valence-corrected chi connectivity index (χ1v) is 15.6. The van der Waals surface area contributed by atoms with Gasteiger partial charge in [0.2, 0.25) is 0 Å². The minimum atomic E-state index is -1.66. The minimum absolute atomic E-state index is 0.0174. The predicted octanol–water partition coefficient (Wildman–Crippen LogP) is 1.14. The molecule has 1 aliphatic heterocycles. The molecule has 4 aliphatic carbocycles. The number of hydrogen-bond acceptors (Lipinski definition) is 12. The van der Waals surface area contributed by atoms with Gasteiger partial charge >= 0.3 is 11.6 Å². The largest absolute Gasteiger partial charge is 0.459 e. The fourth-order valence-corrected chi connectivity index (χ4v) is 9.79. The van der Waals surface area contributed by atoms with Crippen LogP contribution in [-0.2, 0) is 28.6 Å². The summed E-state index contributed by atoms with van der Waals surface area (Å²) in [6.45, 7) is 4.67. The number of carbonyl (C=O) groups excluding carboxylic acids is 3. The Hall–Kier alpha value is -2.48. The zero-order valence-corrected chi connectivity index (χ0v) is 25.2. The third-order valence-electron chi connectivity index (χ3n) is 11.9. The molecule has 13 atom stereocenters. The van der Waals surface area contributed by atoms with Crippen LogP contribution in [0.3, 0.4) is 0 Å². The van der Waals surface area contributed by atoms with E-state index in [0.717, 1.165) is 0 Å². The second kappa shape index (κ2) is 10.8. The molecular weight excluding hydrogens is 576 g/mol. The Morgan fingerprint density at radius 3 is 2.50 bits per heavy atom. The summed E-state index contributed by atoms with van der Waals surface area (Å²) in [5.41, 5.74) is -6.12. The smallest absolute Gasteiger partial charge is 0.335 e. The Labute approximate surface area is 254 Å². The molecule has 0 radical (unpaired) electrons. The SMILES string of the molecule is CC(=O)O[C@H]1C[C@H](C)O[C@@H](O[C@H]2CC[C@]3(C=O)[C@H]4[C@H](O)C(=O)[C@]5(C)[C@@H](c6ccc(=O)oc6)CC[C@]5(O)[C@@H]4CC[C@]3(O)C2)[C@@H]1O. The number of ketones is 1. The normalized spacial score (nSPS) is 48.5. The van der Waals surface area contributed by atoms with Gasteiger partial charge in [0.05, 0.1) is 40.5 Å². The van der Waals surface area contributed by atoms with E-state index in [0.29, 0.717) is 24.7 Å². The molecule has 1 aromatic rings. The van der Waals surface area contributed by atoms with E-state index in [-0.39, 0.29) is 44.6 Å². The maximum atomic E-state index is 14.2. The highest BCUT2D eigenvalue weighted by molar-refractivity contribution is 5.93. The van der Waals surface area contributed by atoms with Gasteiger partial charge in [-0.2, -0.15) is 0 Å². The lowest BCUT2D eigenvalue weighted by Gasteiger charge is -2.65. The molecule has 0 bridgehead atoms. The van der Waals surface area contributed by atoms with Gasteiger partial charge in [0.1, 0.15) is 24.6 Å². The Morgan fingerprint density at radius 2 is 1.84 bits per heavy atom. The van der Waals surface area contributed by atoms with Gasteiger partial charge in [-0.1, -0.05) is 0 Å². The number of hydrogen-bond donors (Lipinski definition) is 4. The summed E-state index contributed by atoms with van der Waals surface area (Å²) >= 11 is 0. The van der Waals surface area contributed by atoms with E-state index in [1.54, 1.807) is 19.9 Å². The van der Waals surface area contributed by atoms with Gasteiger partial charge in [-0.15, -0.1) is 0 Å². The zero-order chi connectivity index (χ0) is 31.8. The molecule has 4 N–H and O–H groups in total. The van der Waals surface area contributed by atoms with Crippen molar-refractivity contribution < 1.29 is 53.4 Å². The highest BCUT2D eigenvalue weighted by Gasteiger charge is 2.76. The van der Waals surface area contributed by atoms with Crippen molar-refractivity contribution >= 4 is 18.0 Å². The Bertz CT molecular complexity index is 1360. The van der Waals surface area contributed by atoms with Crippen molar-refractivity contribution in [3.63, 3.8) is 0 Å². The number of aliphatic hydroxyl groups excluding tert-OH is 2. The molecule has 0 unspecified atom stereocenters. The average molecular weight is 619 g/mol. The van der Waals surface area contributed by atoms with Crippen LogP contribution in [0.1, 0.15) is 83.6 Å². The van der Waals surface area contributed by atoms with Crippen LogP contribution in [0.25, 0.3) is 0 Å². The molecule has 1 aromatic heterocycles. The number of aldehydes is 1. The van der Waals surface area contributed by atoms with Gasteiger partial charge in [0.15, 0.2) is 12.1 Å². The monoisotopic (exact) mass is 618 g/mol. The van der Waals surface area contributed by atoms with Crippen molar-refractivity contribution in [1.29, 1.82) is 0 Å². The topological polar surface area (TPSA) is 190 Å². The van der Waals surface area contributed by atoms with Crippen LogP contribution in [0.15, 0.2) is 27.6 Å². The Kier molecular flexibility index (Phi) is 7.74. The highest BCUT2D eigenvalue weighted by atomic mass is 16.7. The number of fused-ring (bicyclic) bond motifs is 5. The van der Waals surface area contributed by atoms with Gasteiger partial charge < -0.3 is 43.8 Å². The van der Waals surface area contributed by atoms with E-state index < -0.39 is 87.9 Å². The van der Waals surface area contributed by atoms with Gasteiger partial charge in [0.25, 0.3) is 0 Å². The summed E-state index contributed by atoms with van der Waals surface area (Å²) in [7, 11) is 0. The van der Waals surface area contributed by atoms with E-state index in [1.807, 2.05) is 0 Å². The molecule has 6 rings (SSSR count). The summed E-state index contributed by atoms with van der Waals surface area (Å²) in [5.74, 6) is -3.33. The van der Waals surface area contributed by atoms with E-state index in [1.165, 1.54) is 19.3 Å². The third kappa shape index (κ3) is 4.39. The average Bonchev–Trinajstić information content (AvgIpc) is 3.25. The summed E-state index contributed by atoms with van der Waals surface area (Å²) in [6, 6.07) is 2.84. The van der Waals surface area contributed by atoms with Crippen LogP contribution in [0.5, 0.6) is 0 Å². The second-order valence-corrected chi connectivity index (χ2v) is 14.0. The first kappa shape index (κ1) is 31.5. The number of aliphatic hydroxyl groups is 4. The molecule has 2 heterocycles. The molecular formula is C32H42O12. The van der Waals surface area contributed by atoms with Crippen LogP contribution in [0.2, 0.25) is 0 Å².